The number of alkyl halides is 2. The number of aromatic amines is 1. The number of amides is 1. The number of benzene rings is 1. The van der Waals surface area contributed by atoms with E-state index in [9.17, 15) is 18.4 Å². The quantitative estimate of drug-likeness (QED) is 0.494. The molecule has 1 saturated heterocycles. The van der Waals surface area contributed by atoms with E-state index in [1.54, 1.807) is 6.07 Å². The number of carbonyl (C=O) groups excluding carboxylic acids is 1. The Morgan fingerprint density at radius 3 is 2.76 bits per heavy atom. The SMILES string of the molecule is NC(=O)c1nccc2[nH]c(-c3cc4ccccc4nc3N3CCCC(F)(F)CC3)cc(=O)c12. The van der Waals surface area contributed by atoms with Gasteiger partial charge in [0.1, 0.15) is 11.5 Å². The van der Waals surface area contributed by atoms with Crippen LogP contribution in [0.4, 0.5) is 14.6 Å². The molecule has 4 aromatic rings. The number of hydrogen-bond acceptors (Lipinski definition) is 5. The lowest BCUT2D eigenvalue weighted by Crippen LogP contribution is -2.27. The molecule has 1 aromatic carbocycles. The third kappa shape index (κ3) is 3.90. The van der Waals surface area contributed by atoms with E-state index in [4.69, 9.17) is 10.7 Å². The molecule has 1 amide bonds. The summed E-state index contributed by atoms with van der Waals surface area (Å²) in [5.41, 5.74) is 7.10. The van der Waals surface area contributed by atoms with Gasteiger partial charge in [-0.2, -0.15) is 0 Å². The van der Waals surface area contributed by atoms with Crippen molar-refractivity contribution >= 4 is 33.5 Å². The highest BCUT2D eigenvalue weighted by molar-refractivity contribution is 6.04. The van der Waals surface area contributed by atoms with Crippen LogP contribution in [0.15, 0.2) is 53.5 Å². The van der Waals surface area contributed by atoms with Crippen molar-refractivity contribution in [3.05, 3.63) is 64.6 Å². The van der Waals surface area contributed by atoms with Crippen molar-refractivity contribution in [2.24, 2.45) is 5.73 Å². The minimum atomic E-state index is -2.71. The first-order valence-corrected chi connectivity index (χ1v) is 10.7. The summed E-state index contributed by atoms with van der Waals surface area (Å²) in [6.45, 7) is 0.584. The Bertz CT molecular complexity index is 1450. The van der Waals surface area contributed by atoms with E-state index in [0.29, 0.717) is 35.6 Å². The van der Waals surface area contributed by atoms with E-state index in [2.05, 4.69) is 9.97 Å². The molecule has 0 aliphatic carbocycles. The van der Waals surface area contributed by atoms with Crippen LogP contribution in [0.3, 0.4) is 0 Å². The molecule has 0 saturated carbocycles. The Morgan fingerprint density at radius 1 is 1.12 bits per heavy atom. The number of H-pyrrole nitrogens is 1. The second-order valence-electron chi connectivity index (χ2n) is 8.24. The Labute approximate surface area is 187 Å². The molecule has 3 aromatic heterocycles. The van der Waals surface area contributed by atoms with Crippen LogP contribution < -0.4 is 16.1 Å². The smallest absolute Gasteiger partial charge is 0.268 e. The van der Waals surface area contributed by atoms with Gasteiger partial charge in [-0.15, -0.1) is 0 Å². The molecule has 0 radical (unpaired) electrons. The van der Waals surface area contributed by atoms with Crippen LogP contribution in [-0.2, 0) is 0 Å². The fourth-order valence-corrected chi connectivity index (χ4v) is 4.35. The molecule has 33 heavy (non-hydrogen) atoms. The number of rotatable bonds is 3. The number of aromatic nitrogens is 3. The number of nitrogens with one attached hydrogen (secondary N) is 1. The van der Waals surface area contributed by atoms with Gasteiger partial charge in [-0.25, -0.2) is 13.8 Å². The van der Waals surface area contributed by atoms with Crippen LogP contribution >= 0.6 is 0 Å². The number of halogens is 2. The minimum Gasteiger partial charge on any atom is -0.364 e. The van der Waals surface area contributed by atoms with E-state index >= 15 is 0 Å². The van der Waals surface area contributed by atoms with Gasteiger partial charge in [-0.3, -0.25) is 14.6 Å². The van der Waals surface area contributed by atoms with E-state index < -0.39 is 17.3 Å². The highest BCUT2D eigenvalue weighted by Crippen LogP contribution is 2.35. The third-order valence-corrected chi connectivity index (χ3v) is 5.99. The molecule has 0 unspecified atom stereocenters. The molecule has 9 heteroatoms. The highest BCUT2D eigenvalue weighted by atomic mass is 19.3. The van der Waals surface area contributed by atoms with Gasteiger partial charge in [0.05, 0.1) is 22.1 Å². The van der Waals surface area contributed by atoms with Gasteiger partial charge in [-0.1, -0.05) is 18.2 Å². The van der Waals surface area contributed by atoms with Crippen molar-refractivity contribution in [1.29, 1.82) is 0 Å². The molecule has 1 aliphatic heterocycles. The Balaban J connectivity index is 1.72. The highest BCUT2D eigenvalue weighted by Gasteiger charge is 2.33. The van der Waals surface area contributed by atoms with E-state index in [1.807, 2.05) is 35.2 Å². The van der Waals surface area contributed by atoms with Crippen LogP contribution in [0, 0.1) is 0 Å². The van der Waals surface area contributed by atoms with E-state index in [0.717, 1.165) is 10.9 Å². The number of carbonyl (C=O) groups is 1. The third-order valence-electron chi connectivity index (χ3n) is 5.99. The lowest BCUT2D eigenvalue weighted by Gasteiger charge is -2.25. The fourth-order valence-electron chi connectivity index (χ4n) is 4.35. The number of pyridine rings is 3. The van der Waals surface area contributed by atoms with Crippen LogP contribution in [0.1, 0.15) is 29.8 Å². The van der Waals surface area contributed by atoms with Gasteiger partial charge in [0.15, 0.2) is 5.43 Å². The second kappa shape index (κ2) is 7.91. The number of primary amides is 1. The maximum absolute atomic E-state index is 14.0. The summed E-state index contributed by atoms with van der Waals surface area (Å²) in [5, 5.41) is 0.961. The summed E-state index contributed by atoms with van der Waals surface area (Å²) in [4.78, 5) is 38.5. The minimum absolute atomic E-state index is 0.105. The molecule has 168 valence electrons. The van der Waals surface area contributed by atoms with Crippen LogP contribution in [0.25, 0.3) is 33.1 Å². The molecule has 0 atom stereocenters. The molecule has 5 rings (SSSR count). The molecule has 0 bridgehead atoms. The first kappa shape index (κ1) is 21.0. The summed E-state index contributed by atoms with van der Waals surface area (Å²) in [6, 6.07) is 12.4. The van der Waals surface area contributed by atoms with Crippen molar-refractivity contribution in [3.8, 4) is 11.3 Å². The lowest BCUT2D eigenvalue weighted by molar-refractivity contribution is -0.0102. The Morgan fingerprint density at radius 2 is 1.94 bits per heavy atom. The number of anilines is 1. The standard InChI is InChI=1S/C24H21F2N5O2/c25-24(26)7-3-10-31(11-8-24)23-15(12-14-4-1-2-5-16(14)30-23)18-13-19(32)20-17(29-18)6-9-28-21(20)22(27)33/h1-2,4-6,9,12-13H,3,7-8,10-11H2,(H2,27,33)(H,29,32). The van der Waals surface area contributed by atoms with Crippen molar-refractivity contribution < 1.29 is 13.6 Å². The summed E-state index contributed by atoms with van der Waals surface area (Å²) in [5.74, 6) is -2.97. The summed E-state index contributed by atoms with van der Waals surface area (Å²) >= 11 is 0. The van der Waals surface area contributed by atoms with Gasteiger partial charge < -0.3 is 15.6 Å². The van der Waals surface area contributed by atoms with E-state index in [-0.39, 0.29) is 30.5 Å². The average Bonchev–Trinajstić information content (AvgIpc) is 2.98. The molecular formula is C24H21F2N5O2. The Hall–Kier alpha value is -3.88. The molecule has 1 fully saturated rings. The summed E-state index contributed by atoms with van der Waals surface area (Å²) in [6.07, 6.45) is 1.31. The van der Waals surface area contributed by atoms with Gasteiger partial charge in [-0.05, 0) is 24.6 Å². The van der Waals surface area contributed by atoms with Crippen LogP contribution in [0.5, 0.6) is 0 Å². The van der Waals surface area contributed by atoms with Crippen LogP contribution in [0.2, 0.25) is 0 Å². The van der Waals surface area contributed by atoms with Crippen molar-refractivity contribution in [1.82, 2.24) is 15.0 Å². The molecule has 1 aliphatic rings. The number of nitrogens with two attached hydrogens (primary N) is 1. The zero-order chi connectivity index (χ0) is 23.2. The molecular weight excluding hydrogens is 428 g/mol. The zero-order valence-corrected chi connectivity index (χ0v) is 17.6. The molecule has 4 heterocycles. The largest absolute Gasteiger partial charge is 0.364 e. The van der Waals surface area contributed by atoms with Crippen LogP contribution in [-0.4, -0.2) is 39.9 Å². The van der Waals surface area contributed by atoms with Crippen molar-refractivity contribution in [2.45, 2.75) is 25.2 Å². The molecule has 3 N–H and O–H groups in total. The van der Waals surface area contributed by atoms with Gasteiger partial charge >= 0.3 is 0 Å². The lowest BCUT2D eigenvalue weighted by atomic mass is 10.1. The first-order valence-electron chi connectivity index (χ1n) is 10.7. The first-order chi connectivity index (χ1) is 15.8. The predicted molar refractivity (Wildman–Crippen MR) is 123 cm³/mol. The monoisotopic (exact) mass is 449 g/mol. The second-order valence-corrected chi connectivity index (χ2v) is 8.24. The topological polar surface area (TPSA) is 105 Å². The molecule has 7 nitrogen and oxygen atoms in total. The summed E-state index contributed by atoms with van der Waals surface area (Å²) in [7, 11) is 0. The van der Waals surface area contributed by atoms with Gasteiger partial charge in [0.2, 0.25) is 5.92 Å². The van der Waals surface area contributed by atoms with Crippen molar-refractivity contribution in [2.75, 3.05) is 18.0 Å². The zero-order valence-electron chi connectivity index (χ0n) is 17.6. The maximum Gasteiger partial charge on any atom is 0.268 e. The normalized spacial score (nSPS) is 16.1. The Kier molecular flexibility index (Phi) is 5.03. The van der Waals surface area contributed by atoms with Gasteiger partial charge in [0.25, 0.3) is 5.91 Å². The number of nitrogens with zero attached hydrogens (tertiary/aromatic N) is 3. The van der Waals surface area contributed by atoms with Gasteiger partial charge in [0, 0.05) is 49.1 Å². The fraction of sp³-hybridized carbons (Fsp3) is 0.250. The van der Waals surface area contributed by atoms with E-state index in [1.165, 1.54) is 12.3 Å². The maximum atomic E-state index is 14.0. The number of para-hydroxylation sites is 1. The predicted octanol–water partition coefficient (Wildman–Crippen LogP) is 3.86. The number of hydrogen-bond donors (Lipinski definition) is 2. The average molecular weight is 449 g/mol. The molecule has 0 spiro atoms. The summed E-state index contributed by atoms with van der Waals surface area (Å²) < 4.78 is 28.0. The number of fused-ring (bicyclic) bond motifs is 2. The van der Waals surface area contributed by atoms with Crippen molar-refractivity contribution in [3.63, 3.8) is 0 Å².